The maximum absolute atomic E-state index is 6.84. The fourth-order valence-electron chi connectivity index (χ4n) is 9.67. The maximum Gasteiger partial charge on any atom is 0.132 e. The molecule has 0 bridgehead atoms. The number of rotatable bonds is 3. The Labute approximate surface area is 298 Å². The number of ether oxygens (including phenoxy) is 1. The SMILES string of the molecule is c1ccc(C2(c3ccccc3)c3ccccc3Oc3cc(-c4ccc5c(c4)-c4ccccc4C54c5ccccc5-c5ccccc54)ccc32)cc1. The first-order valence-electron chi connectivity index (χ1n) is 17.8. The zero-order valence-electron chi connectivity index (χ0n) is 27.9. The second kappa shape index (κ2) is 10.5. The summed E-state index contributed by atoms with van der Waals surface area (Å²) >= 11 is 0. The van der Waals surface area contributed by atoms with Crippen LogP contribution in [0.3, 0.4) is 0 Å². The van der Waals surface area contributed by atoms with Crippen LogP contribution in [0.4, 0.5) is 0 Å². The van der Waals surface area contributed by atoms with Gasteiger partial charge >= 0.3 is 0 Å². The molecule has 3 aliphatic rings. The third-order valence-corrected chi connectivity index (χ3v) is 11.6. The lowest BCUT2D eigenvalue weighted by Gasteiger charge is -2.41. The molecule has 1 spiro atoms. The summed E-state index contributed by atoms with van der Waals surface area (Å²) in [5, 5.41) is 0. The largest absolute Gasteiger partial charge is 0.457 e. The van der Waals surface area contributed by atoms with E-state index in [0.717, 1.165) is 28.2 Å². The van der Waals surface area contributed by atoms with E-state index in [0.29, 0.717) is 0 Å². The van der Waals surface area contributed by atoms with E-state index in [1.807, 2.05) is 0 Å². The lowest BCUT2D eigenvalue weighted by atomic mass is 9.63. The summed E-state index contributed by atoms with van der Waals surface area (Å²) in [5.74, 6) is 1.77. The first-order chi connectivity index (χ1) is 25.3. The quantitative estimate of drug-likeness (QED) is 0.185. The Morgan fingerprint density at radius 2 is 0.686 bits per heavy atom. The van der Waals surface area contributed by atoms with Gasteiger partial charge in [-0.15, -0.1) is 0 Å². The van der Waals surface area contributed by atoms with Gasteiger partial charge in [0.2, 0.25) is 0 Å². The molecule has 1 heteroatoms. The number of fused-ring (bicyclic) bond motifs is 12. The van der Waals surface area contributed by atoms with Gasteiger partial charge in [-0.1, -0.05) is 176 Å². The van der Waals surface area contributed by atoms with Crippen molar-refractivity contribution in [2.45, 2.75) is 10.8 Å². The molecule has 0 atom stereocenters. The smallest absolute Gasteiger partial charge is 0.132 e. The molecule has 0 saturated carbocycles. The standard InChI is InChI=1S/C50H32O/c1-3-15-35(16-4-1)49(36-17-5-2-6-18-36)45-25-13-14-26-47(45)51-48-32-34(28-30-46(48)49)33-27-29-44-40(31-33)39-21-9-12-24-43(39)50(44)41-22-10-7-19-37(41)38-20-8-11-23-42(38)50/h1-32H. The maximum atomic E-state index is 6.84. The topological polar surface area (TPSA) is 9.23 Å². The Balaban J connectivity index is 1.13. The van der Waals surface area contributed by atoms with E-state index in [2.05, 4.69) is 194 Å². The van der Waals surface area contributed by atoms with Crippen molar-refractivity contribution >= 4 is 0 Å². The molecule has 0 fully saturated rings. The molecule has 0 N–H and O–H groups in total. The van der Waals surface area contributed by atoms with Gasteiger partial charge < -0.3 is 4.74 Å². The average molecular weight is 649 g/mol. The summed E-state index contributed by atoms with van der Waals surface area (Å²) < 4.78 is 6.84. The number of hydrogen-bond donors (Lipinski definition) is 0. The molecule has 11 rings (SSSR count). The lowest BCUT2D eigenvalue weighted by molar-refractivity contribution is 0.435. The van der Waals surface area contributed by atoms with Crippen LogP contribution >= 0.6 is 0 Å². The van der Waals surface area contributed by atoms with Gasteiger partial charge in [-0.2, -0.15) is 0 Å². The van der Waals surface area contributed by atoms with Crippen molar-refractivity contribution in [3.63, 3.8) is 0 Å². The normalized spacial score (nSPS) is 14.7. The van der Waals surface area contributed by atoms with E-state index < -0.39 is 5.41 Å². The Bertz CT molecular complexity index is 2580. The third-order valence-electron chi connectivity index (χ3n) is 11.6. The predicted octanol–water partition coefficient (Wildman–Crippen LogP) is 12.2. The highest BCUT2D eigenvalue weighted by Gasteiger charge is 2.51. The minimum absolute atomic E-state index is 0.342. The van der Waals surface area contributed by atoms with Crippen molar-refractivity contribution in [3.05, 3.63) is 239 Å². The van der Waals surface area contributed by atoms with Crippen molar-refractivity contribution < 1.29 is 4.74 Å². The van der Waals surface area contributed by atoms with E-state index >= 15 is 0 Å². The Morgan fingerprint density at radius 3 is 1.27 bits per heavy atom. The first kappa shape index (κ1) is 28.4. The van der Waals surface area contributed by atoms with E-state index in [1.54, 1.807) is 0 Å². The zero-order valence-corrected chi connectivity index (χ0v) is 27.9. The molecule has 0 unspecified atom stereocenters. The summed E-state index contributed by atoms with van der Waals surface area (Å²) in [6, 6.07) is 71.2. The molecule has 8 aromatic rings. The number of para-hydroxylation sites is 1. The van der Waals surface area contributed by atoms with Crippen LogP contribution in [-0.2, 0) is 10.8 Å². The molecular weight excluding hydrogens is 617 g/mol. The minimum atomic E-state index is -0.530. The molecule has 0 saturated heterocycles. The second-order valence-electron chi connectivity index (χ2n) is 13.9. The summed E-state index contributed by atoms with van der Waals surface area (Å²) in [6.07, 6.45) is 0. The average Bonchev–Trinajstić information content (AvgIpc) is 3.67. The van der Waals surface area contributed by atoms with Crippen molar-refractivity contribution in [2.75, 3.05) is 0 Å². The van der Waals surface area contributed by atoms with Gasteiger partial charge in [0.1, 0.15) is 11.5 Å². The van der Waals surface area contributed by atoms with Crippen molar-refractivity contribution in [1.82, 2.24) is 0 Å². The fourth-order valence-corrected chi connectivity index (χ4v) is 9.67. The highest BCUT2D eigenvalue weighted by molar-refractivity contribution is 5.96. The highest BCUT2D eigenvalue weighted by Crippen LogP contribution is 2.63. The van der Waals surface area contributed by atoms with Crippen molar-refractivity contribution in [1.29, 1.82) is 0 Å². The zero-order chi connectivity index (χ0) is 33.6. The molecule has 8 aromatic carbocycles. The highest BCUT2D eigenvalue weighted by atomic mass is 16.5. The van der Waals surface area contributed by atoms with Crippen LogP contribution in [0.2, 0.25) is 0 Å². The Hall–Kier alpha value is -6.44. The monoisotopic (exact) mass is 648 g/mol. The summed E-state index contributed by atoms with van der Waals surface area (Å²) in [5.41, 5.74) is 16.9. The minimum Gasteiger partial charge on any atom is -0.457 e. The second-order valence-corrected chi connectivity index (χ2v) is 13.9. The van der Waals surface area contributed by atoms with Crippen LogP contribution in [0, 0.1) is 0 Å². The molecule has 1 nitrogen and oxygen atoms in total. The lowest BCUT2D eigenvalue weighted by Crippen LogP contribution is -2.34. The molecule has 1 heterocycles. The molecule has 0 radical (unpaired) electrons. The molecule has 1 aliphatic heterocycles. The van der Waals surface area contributed by atoms with E-state index in [9.17, 15) is 0 Å². The molecule has 51 heavy (non-hydrogen) atoms. The van der Waals surface area contributed by atoms with Gasteiger partial charge in [-0.05, 0) is 85.0 Å². The third kappa shape index (κ3) is 3.65. The van der Waals surface area contributed by atoms with Crippen LogP contribution in [0.25, 0.3) is 33.4 Å². The van der Waals surface area contributed by atoms with Gasteiger partial charge in [0, 0.05) is 11.1 Å². The first-order valence-corrected chi connectivity index (χ1v) is 17.8. The summed E-state index contributed by atoms with van der Waals surface area (Å²) in [6.45, 7) is 0. The van der Waals surface area contributed by atoms with E-state index in [1.165, 1.54) is 61.2 Å². The number of hydrogen-bond acceptors (Lipinski definition) is 1. The van der Waals surface area contributed by atoms with Crippen molar-refractivity contribution in [3.8, 4) is 44.9 Å². The van der Waals surface area contributed by atoms with Gasteiger partial charge in [0.05, 0.1) is 10.8 Å². The van der Waals surface area contributed by atoms with E-state index in [-0.39, 0.29) is 5.41 Å². The molecule has 238 valence electrons. The van der Waals surface area contributed by atoms with Gasteiger partial charge in [-0.25, -0.2) is 0 Å². The van der Waals surface area contributed by atoms with Crippen LogP contribution < -0.4 is 4.74 Å². The molecule has 2 aliphatic carbocycles. The predicted molar refractivity (Wildman–Crippen MR) is 207 cm³/mol. The van der Waals surface area contributed by atoms with Gasteiger partial charge in [-0.3, -0.25) is 0 Å². The Kier molecular flexibility index (Phi) is 5.86. The van der Waals surface area contributed by atoms with Crippen molar-refractivity contribution in [2.24, 2.45) is 0 Å². The van der Waals surface area contributed by atoms with Crippen LogP contribution in [0.15, 0.2) is 194 Å². The fraction of sp³-hybridized carbons (Fsp3) is 0.0400. The molecular formula is C50H32O. The number of benzene rings is 8. The van der Waals surface area contributed by atoms with Gasteiger partial charge in [0.15, 0.2) is 0 Å². The Morgan fingerprint density at radius 1 is 0.275 bits per heavy atom. The van der Waals surface area contributed by atoms with Crippen LogP contribution in [0.1, 0.15) is 44.5 Å². The summed E-state index contributed by atoms with van der Waals surface area (Å²) in [4.78, 5) is 0. The summed E-state index contributed by atoms with van der Waals surface area (Å²) in [7, 11) is 0. The molecule has 0 amide bonds. The van der Waals surface area contributed by atoms with Crippen LogP contribution in [0.5, 0.6) is 11.5 Å². The molecule has 0 aromatic heterocycles. The van der Waals surface area contributed by atoms with Gasteiger partial charge in [0.25, 0.3) is 0 Å². The van der Waals surface area contributed by atoms with Crippen LogP contribution in [-0.4, -0.2) is 0 Å². The van der Waals surface area contributed by atoms with E-state index in [4.69, 9.17) is 4.74 Å².